The number of carbonyl (C=O) groups is 2. The van der Waals surface area contributed by atoms with Gasteiger partial charge in [-0.2, -0.15) is 0 Å². The zero-order valence-corrected chi connectivity index (χ0v) is 14.6. The number of sulfonamides is 1. The van der Waals surface area contributed by atoms with Crippen molar-refractivity contribution in [2.75, 3.05) is 6.61 Å². The van der Waals surface area contributed by atoms with Gasteiger partial charge in [0.1, 0.15) is 12.4 Å². The van der Waals surface area contributed by atoms with Crippen molar-refractivity contribution in [1.82, 2.24) is 15.7 Å². The van der Waals surface area contributed by atoms with Crippen LogP contribution in [0.3, 0.4) is 0 Å². The van der Waals surface area contributed by atoms with E-state index in [1.165, 1.54) is 12.1 Å². The second-order valence-corrected chi connectivity index (χ2v) is 6.86. The van der Waals surface area contributed by atoms with Crippen molar-refractivity contribution in [3.05, 3.63) is 64.9 Å². The maximum absolute atomic E-state index is 12.8. The Hall–Kier alpha value is -2.53. The minimum absolute atomic E-state index is 0.146. The molecular formula is C15H13ClFN3O5S. The summed E-state index contributed by atoms with van der Waals surface area (Å²) in [5, 5.41) is 0.197. The van der Waals surface area contributed by atoms with Crippen molar-refractivity contribution in [2.24, 2.45) is 0 Å². The lowest BCUT2D eigenvalue weighted by molar-refractivity contribution is -0.127. The van der Waals surface area contributed by atoms with Crippen LogP contribution in [-0.4, -0.2) is 26.8 Å². The molecule has 0 aromatic heterocycles. The van der Waals surface area contributed by atoms with Crippen LogP contribution < -0.4 is 15.7 Å². The van der Waals surface area contributed by atoms with Crippen molar-refractivity contribution >= 4 is 33.4 Å². The lowest BCUT2D eigenvalue weighted by Crippen LogP contribution is -2.44. The van der Waals surface area contributed by atoms with Gasteiger partial charge in [0, 0.05) is 0 Å². The first-order chi connectivity index (χ1) is 12.3. The molecular weight excluding hydrogens is 389 g/mol. The number of nitrogens with one attached hydrogen (secondary N) is 3. The van der Waals surface area contributed by atoms with E-state index in [9.17, 15) is 22.4 Å². The van der Waals surface area contributed by atoms with Crippen LogP contribution in [0.5, 0.6) is 0 Å². The third-order valence-electron chi connectivity index (χ3n) is 2.93. The summed E-state index contributed by atoms with van der Waals surface area (Å²) in [6.45, 7) is -0.719. The molecule has 0 aliphatic carbocycles. The van der Waals surface area contributed by atoms with Crippen LogP contribution >= 0.6 is 11.6 Å². The molecule has 0 spiro atoms. The van der Waals surface area contributed by atoms with E-state index in [2.05, 4.69) is 10.3 Å². The van der Waals surface area contributed by atoms with Gasteiger partial charge in [-0.3, -0.25) is 25.3 Å². The minimum Gasteiger partial charge on any atom is -0.277 e. The predicted octanol–water partition coefficient (Wildman–Crippen LogP) is 1.15. The van der Waals surface area contributed by atoms with E-state index in [1.54, 1.807) is 17.0 Å². The van der Waals surface area contributed by atoms with Gasteiger partial charge in [-0.25, -0.2) is 12.8 Å². The Morgan fingerprint density at radius 2 is 1.69 bits per heavy atom. The molecule has 0 aliphatic heterocycles. The standard InChI is InChI=1S/C15H13ClFN3O5S/c16-13-4-2-1-3-12(13)15(22)19-18-14(21)9-25-20-26(23,24)11-7-5-10(17)6-8-11/h1-8,20H,9H2,(H,18,21)(H,19,22). The summed E-state index contributed by atoms with van der Waals surface area (Å²) in [4.78, 5) is 29.4. The van der Waals surface area contributed by atoms with Crippen LogP contribution in [0.15, 0.2) is 53.4 Å². The number of benzene rings is 2. The molecule has 8 nitrogen and oxygen atoms in total. The maximum Gasteiger partial charge on any atom is 0.271 e. The summed E-state index contributed by atoms with van der Waals surface area (Å²) in [7, 11) is -4.08. The molecule has 2 aromatic rings. The van der Waals surface area contributed by atoms with Crippen LogP contribution in [0.1, 0.15) is 10.4 Å². The number of carbonyl (C=O) groups excluding carboxylic acids is 2. The van der Waals surface area contributed by atoms with Gasteiger partial charge in [-0.1, -0.05) is 28.6 Å². The third-order valence-corrected chi connectivity index (χ3v) is 4.49. The molecule has 0 unspecified atom stereocenters. The van der Waals surface area contributed by atoms with E-state index < -0.39 is 34.3 Å². The molecule has 0 saturated heterocycles. The highest BCUT2D eigenvalue weighted by Gasteiger charge is 2.15. The van der Waals surface area contributed by atoms with E-state index in [4.69, 9.17) is 11.6 Å². The molecule has 0 bridgehead atoms. The fraction of sp³-hybridized carbons (Fsp3) is 0.0667. The van der Waals surface area contributed by atoms with Gasteiger partial charge in [-0.15, -0.1) is 0 Å². The Morgan fingerprint density at radius 3 is 2.35 bits per heavy atom. The summed E-state index contributed by atoms with van der Waals surface area (Å²) in [6, 6.07) is 10.2. The molecule has 3 N–H and O–H groups in total. The van der Waals surface area contributed by atoms with Crippen LogP contribution in [0.4, 0.5) is 4.39 Å². The molecule has 2 rings (SSSR count). The highest BCUT2D eigenvalue weighted by atomic mass is 35.5. The fourth-order valence-electron chi connectivity index (χ4n) is 1.71. The summed E-state index contributed by atoms with van der Waals surface area (Å²) in [5.74, 6) is -2.08. The first-order valence-electron chi connectivity index (χ1n) is 7.02. The molecule has 2 aromatic carbocycles. The maximum atomic E-state index is 12.8. The van der Waals surface area contributed by atoms with Crippen molar-refractivity contribution in [3.63, 3.8) is 0 Å². The molecule has 0 atom stereocenters. The largest absolute Gasteiger partial charge is 0.277 e. The van der Waals surface area contributed by atoms with Crippen molar-refractivity contribution in [1.29, 1.82) is 0 Å². The zero-order chi connectivity index (χ0) is 19.2. The van der Waals surface area contributed by atoms with Gasteiger partial charge in [0.15, 0.2) is 0 Å². The van der Waals surface area contributed by atoms with Gasteiger partial charge in [0.2, 0.25) is 0 Å². The molecule has 26 heavy (non-hydrogen) atoms. The number of halogens is 2. The van der Waals surface area contributed by atoms with Gasteiger partial charge < -0.3 is 0 Å². The summed E-state index contributed by atoms with van der Waals surface area (Å²) >= 11 is 5.84. The number of hydrogen-bond acceptors (Lipinski definition) is 5. The highest BCUT2D eigenvalue weighted by molar-refractivity contribution is 7.89. The lowest BCUT2D eigenvalue weighted by atomic mass is 10.2. The summed E-state index contributed by atoms with van der Waals surface area (Å²) in [5.41, 5.74) is 4.28. The second kappa shape index (κ2) is 8.72. The molecule has 0 aliphatic rings. The van der Waals surface area contributed by atoms with Crippen LogP contribution in [0.2, 0.25) is 5.02 Å². The van der Waals surface area contributed by atoms with Crippen molar-refractivity contribution < 1.29 is 27.2 Å². The van der Waals surface area contributed by atoms with E-state index in [1.807, 2.05) is 5.43 Å². The molecule has 2 amide bonds. The van der Waals surface area contributed by atoms with Gasteiger partial charge in [-0.05, 0) is 36.4 Å². The average molecular weight is 402 g/mol. The van der Waals surface area contributed by atoms with E-state index in [-0.39, 0.29) is 15.5 Å². The van der Waals surface area contributed by atoms with Crippen LogP contribution in [0.25, 0.3) is 0 Å². The van der Waals surface area contributed by atoms with Gasteiger partial charge in [0.05, 0.1) is 15.5 Å². The molecule has 0 saturated carbocycles. The fourth-order valence-corrected chi connectivity index (χ4v) is 2.74. The van der Waals surface area contributed by atoms with E-state index in [0.717, 1.165) is 24.3 Å². The predicted molar refractivity (Wildman–Crippen MR) is 89.7 cm³/mol. The highest BCUT2D eigenvalue weighted by Crippen LogP contribution is 2.14. The minimum atomic E-state index is -4.08. The first-order valence-corrected chi connectivity index (χ1v) is 8.88. The lowest BCUT2D eigenvalue weighted by Gasteiger charge is -2.09. The van der Waals surface area contributed by atoms with E-state index >= 15 is 0 Å². The number of amides is 2. The second-order valence-electron chi connectivity index (χ2n) is 4.81. The number of hydrazine groups is 1. The smallest absolute Gasteiger partial charge is 0.271 e. The Kier molecular flexibility index (Phi) is 6.64. The number of rotatable bonds is 6. The molecule has 0 fully saturated rings. The summed E-state index contributed by atoms with van der Waals surface area (Å²) < 4.78 is 36.5. The normalized spacial score (nSPS) is 11.0. The van der Waals surface area contributed by atoms with Crippen molar-refractivity contribution in [3.8, 4) is 0 Å². The van der Waals surface area contributed by atoms with Crippen LogP contribution in [0, 0.1) is 5.82 Å². The zero-order valence-electron chi connectivity index (χ0n) is 13.0. The first kappa shape index (κ1) is 19.8. The summed E-state index contributed by atoms with van der Waals surface area (Å²) in [6.07, 6.45) is 0. The number of hydrogen-bond donors (Lipinski definition) is 3. The monoisotopic (exact) mass is 401 g/mol. The molecule has 0 heterocycles. The Balaban J connectivity index is 1.79. The van der Waals surface area contributed by atoms with Gasteiger partial charge >= 0.3 is 0 Å². The third kappa shape index (κ3) is 5.49. The topological polar surface area (TPSA) is 114 Å². The quantitative estimate of drug-likeness (QED) is 0.628. The average Bonchev–Trinajstić information content (AvgIpc) is 2.60. The molecule has 0 radical (unpaired) electrons. The van der Waals surface area contributed by atoms with Gasteiger partial charge in [0.25, 0.3) is 21.8 Å². The Bertz CT molecular complexity index is 906. The Morgan fingerprint density at radius 1 is 1.04 bits per heavy atom. The molecule has 138 valence electrons. The Labute approximate surface area is 153 Å². The molecule has 11 heteroatoms. The SMILES string of the molecule is O=C(CONS(=O)(=O)c1ccc(F)cc1)NNC(=O)c1ccccc1Cl. The van der Waals surface area contributed by atoms with Crippen molar-refractivity contribution in [2.45, 2.75) is 4.90 Å². The van der Waals surface area contributed by atoms with Crippen LogP contribution in [-0.2, 0) is 19.7 Å². The van der Waals surface area contributed by atoms with E-state index in [0.29, 0.717) is 0 Å².